The average Bonchev–Trinajstić information content (AvgIpc) is 2.06. The first-order chi connectivity index (χ1) is 6.36. The highest BCUT2D eigenvalue weighted by Gasteiger charge is 2.35. The van der Waals surface area contributed by atoms with Gasteiger partial charge in [0.1, 0.15) is 5.82 Å². The monoisotopic (exact) mass is 225 g/mol. The van der Waals surface area contributed by atoms with Crippen molar-refractivity contribution >= 4 is 17.4 Å². The molecule has 0 atom stereocenters. The lowest BCUT2D eigenvalue weighted by Crippen LogP contribution is -2.09. The van der Waals surface area contributed by atoms with Crippen LogP contribution in [0.4, 0.5) is 23.2 Å². The SMILES string of the molecule is CSc1cc(N)cc(C(F)(F)F)c1F. The molecule has 1 nitrogen and oxygen atoms in total. The number of benzene rings is 1. The predicted molar refractivity (Wildman–Crippen MR) is 47.6 cm³/mol. The van der Waals surface area contributed by atoms with Crippen molar-refractivity contribution in [2.24, 2.45) is 0 Å². The van der Waals surface area contributed by atoms with Crippen LogP contribution in [0, 0.1) is 5.82 Å². The number of hydrogen-bond donors (Lipinski definition) is 1. The summed E-state index contributed by atoms with van der Waals surface area (Å²) in [6.07, 6.45) is -3.22. The smallest absolute Gasteiger partial charge is 0.399 e. The third-order valence-corrected chi connectivity index (χ3v) is 2.32. The van der Waals surface area contributed by atoms with E-state index in [4.69, 9.17) is 5.73 Å². The standard InChI is InChI=1S/C8H7F4NS/c1-14-6-3-4(13)2-5(7(6)9)8(10,11)12/h2-3H,13H2,1H3. The van der Waals surface area contributed by atoms with E-state index in [0.717, 1.165) is 11.8 Å². The molecule has 0 saturated heterocycles. The second-order valence-electron chi connectivity index (χ2n) is 2.58. The van der Waals surface area contributed by atoms with E-state index in [1.807, 2.05) is 0 Å². The molecule has 0 spiro atoms. The van der Waals surface area contributed by atoms with E-state index in [1.165, 1.54) is 12.3 Å². The molecule has 0 radical (unpaired) electrons. The van der Waals surface area contributed by atoms with Crippen LogP contribution in [0.3, 0.4) is 0 Å². The number of nitrogens with two attached hydrogens (primary N) is 1. The van der Waals surface area contributed by atoms with Crippen molar-refractivity contribution < 1.29 is 17.6 Å². The Balaban J connectivity index is 3.37. The van der Waals surface area contributed by atoms with Gasteiger partial charge in [-0.05, 0) is 18.4 Å². The van der Waals surface area contributed by atoms with Crippen LogP contribution in [0.2, 0.25) is 0 Å². The fourth-order valence-corrected chi connectivity index (χ4v) is 1.52. The number of thioether (sulfide) groups is 1. The van der Waals surface area contributed by atoms with Crippen LogP contribution < -0.4 is 5.73 Å². The summed E-state index contributed by atoms with van der Waals surface area (Å²) in [7, 11) is 0. The molecule has 1 aromatic rings. The highest BCUT2D eigenvalue weighted by molar-refractivity contribution is 7.98. The van der Waals surface area contributed by atoms with Crippen LogP contribution in [0.1, 0.15) is 5.56 Å². The molecule has 0 aliphatic rings. The molecule has 0 bridgehead atoms. The zero-order valence-electron chi connectivity index (χ0n) is 7.15. The highest BCUT2D eigenvalue weighted by atomic mass is 32.2. The number of rotatable bonds is 1. The van der Waals surface area contributed by atoms with E-state index < -0.39 is 17.6 Å². The zero-order chi connectivity index (χ0) is 10.9. The number of anilines is 1. The predicted octanol–water partition coefficient (Wildman–Crippen LogP) is 3.15. The highest BCUT2D eigenvalue weighted by Crippen LogP contribution is 2.36. The van der Waals surface area contributed by atoms with Gasteiger partial charge in [0.2, 0.25) is 0 Å². The largest absolute Gasteiger partial charge is 0.419 e. The summed E-state index contributed by atoms with van der Waals surface area (Å²) in [6, 6.07) is 1.77. The Morgan fingerprint density at radius 3 is 2.29 bits per heavy atom. The number of halogens is 4. The quantitative estimate of drug-likeness (QED) is 0.451. The number of hydrogen-bond acceptors (Lipinski definition) is 2. The lowest BCUT2D eigenvalue weighted by atomic mass is 10.2. The molecule has 14 heavy (non-hydrogen) atoms. The molecule has 0 unspecified atom stereocenters. The maximum absolute atomic E-state index is 13.2. The van der Waals surface area contributed by atoms with Gasteiger partial charge in [0, 0.05) is 10.6 Å². The van der Waals surface area contributed by atoms with Gasteiger partial charge in [-0.2, -0.15) is 13.2 Å². The molecule has 1 aromatic carbocycles. The number of nitrogen functional groups attached to an aromatic ring is 1. The van der Waals surface area contributed by atoms with Crippen molar-refractivity contribution in [2.45, 2.75) is 11.1 Å². The van der Waals surface area contributed by atoms with E-state index in [9.17, 15) is 17.6 Å². The van der Waals surface area contributed by atoms with Crippen molar-refractivity contribution in [1.29, 1.82) is 0 Å². The molecule has 2 N–H and O–H groups in total. The van der Waals surface area contributed by atoms with Crippen molar-refractivity contribution in [1.82, 2.24) is 0 Å². The van der Waals surface area contributed by atoms with Crippen molar-refractivity contribution in [3.63, 3.8) is 0 Å². The zero-order valence-corrected chi connectivity index (χ0v) is 7.97. The summed E-state index contributed by atoms with van der Waals surface area (Å²) in [5, 5.41) is 0. The second kappa shape index (κ2) is 3.68. The Labute approximate surface area is 82.3 Å². The van der Waals surface area contributed by atoms with E-state index in [1.54, 1.807) is 0 Å². The molecule has 0 aliphatic heterocycles. The summed E-state index contributed by atoms with van der Waals surface area (Å²) in [5.41, 5.74) is 3.81. The molecule has 0 aromatic heterocycles. The van der Waals surface area contributed by atoms with Gasteiger partial charge >= 0.3 is 6.18 Å². The van der Waals surface area contributed by atoms with E-state index in [0.29, 0.717) is 6.07 Å². The molecule has 0 amide bonds. The fourth-order valence-electron chi connectivity index (χ4n) is 0.974. The molecule has 0 aliphatic carbocycles. The first kappa shape index (κ1) is 11.2. The van der Waals surface area contributed by atoms with Crippen LogP contribution >= 0.6 is 11.8 Å². The van der Waals surface area contributed by atoms with Crippen LogP contribution in [0.25, 0.3) is 0 Å². The maximum atomic E-state index is 13.2. The molecule has 0 saturated carbocycles. The van der Waals surface area contributed by atoms with Gasteiger partial charge in [-0.25, -0.2) is 4.39 Å². The van der Waals surface area contributed by atoms with Crippen LogP contribution in [-0.4, -0.2) is 6.26 Å². The van der Waals surface area contributed by atoms with Gasteiger partial charge in [-0.1, -0.05) is 0 Å². The minimum Gasteiger partial charge on any atom is -0.399 e. The third kappa shape index (κ3) is 2.12. The fraction of sp³-hybridized carbons (Fsp3) is 0.250. The lowest BCUT2D eigenvalue weighted by Gasteiger charge is -2.11. The Hall–Kier alpha value is -0.910. The first-order valence-corrected chi connectivity index (χ1v) is 4.79. The van der Waals surface area contributed by atoms with Gasteiger partial charge in [0.25, 0.3) is 0 Å². The molecule has 0 fully saturated rings. The van der Waals surface area contributed by atoms with E-state index >= 15 is 0 Å². The summed E-state index contributed by atoms with van der Waals surface area (Å²) in [4.78, 5) is -0.0997. The molecule has 1 rings (SSSR count). The minimum atomic E-state index is -4.70. The van der Waals surface area contributed by atoms with Crippen LogP contribution in [0.5, 0.6) is 0 Å². The van der Waals surface area contributed by atoms with E-state index in [-0.39, 0.29) is 10.6 Å². The van der Waals surface area contributed by atoms with Gasteiger partial charge in [0.05, 0.1) is 5.56 Å². The second-order valence-corrected chi connectivity index (χ2v) is 3.43. The van der Waals surface area contributed by atoms with E-state index in [2.05, 4.69) is 0 Å². The van der Waals surface area contributed by atoms with Crippen LogP contribution in [-0.2, 0) is 6.18 Å². The van der Waals surface area contributed by atoms with Crippen molar-refractivity contribution in [3.05, 3.63) is 23.5 Å². The van der Waals surface area contributed by atoms with Gasteiger partial charge < -0.3 is 5.73 Å². The summed E-state index contributed by atoms with van der Waals surface area (Å²) < 4.78 is 49.9. The molecule has 78 valence electrons. The Morgan fingerprint density at radius 1 is 1.29 bits per heavy atom. The summed E-state index contributed by atoms with van der Waals surface area (Å²) in [5.74, 6) is -1.26. The van der Waals surface area contributed by atoms with Crippen molar-refractivity contribution in [2.75, 3.05) is 12.0 Å². The average molecular weight is 225 g/mol. The molecular formula is C8H7F4NS. The lowest BCUT2D eigenvalue weighted by molar-refractivity contribution is -0.140. The molecular weight excluding hydrogens is 218 g/mol. The first-order valence-electron chi connectivity index (χ1n) is 3.56. The summed E-state index contributed by atoms with van der Waals surface area (Å²) >= 11 is 0.885. The minimum absolute atomic E-state index is 0.0944. The Kier molecular flexibility index (Phi) is 2.94. The maximum Gasteiger partial charge on any atom is 0.419 e. The van der Waals surface area contributed by atoms with Crippen LogP contribution in [0.15, 0.2) is 17.0 Å². The summed E-state index contributed by atoms with van der Waals surface area (Å²) in [6.45, 7) is 0. The van der Waals surface area contributed by atoms with Gasteiger partial charge in [0.15, 0.2) is 0 Å². The molecule has 6 heteroatoms. The Bertz CT molecular complexity index is 348. The van der Waals surface area contributed by atoms with Crippen molar-refractivity contribution in [3.8, 4) is 0 Å². The van der Waals surface area contributed by atoms with Gasteiger partial charge in [-0.3, -0.25) is 0 Å². The topological polar surface area (TPSA) is 26.0 Å². The molecule has 0 heterocycles. The third-order valence-electron chi connectivity index (χ3n) is 1.59. The van der Waals surface area contributed by atoms with Gasteiger partial charge in [-0.15, -0.1) is 11.8 Å². The number of alkyl halides is 3. The Morgan fingerprint density at radius 2 is 1.86 bits per heavy atom. The normalized spacial score (nSPS) is 11.8.